The lowest BCUT2D eigenvalue weighted by molar-refractivity contribution is 0.0321. The van der Waals surface area contributed by atoms with Gasteiger partial charge in [-0.05, 0) is 36.8 Å². The second kappa shape index (κ2) is 6.04. The Bertz CT molecular complexity index is 1210. The van der Waals surface area contributed by atoms with Gasteiger partial charge in [-0.25, -0.2) is 4.98 Å². The molecule has 0 unspecified atom stereocenters. The van der Waals surface area contributed by atoms with Crippen LogP contribution in [-0.4, -0.2) is 32.8 Å². The minimum absolute atomic E-state index is 0.532. The van der Waals surface area contributed by atoms with Gasteiger partial charge in [0.15, 0.2) is 0 Å². The molecule has 0 radical (unpaired) electrons. The number of aromatic amines is 1. The Hall–Kier alpha value is -2.92. The molecule has 29 heavy (non-hydrogen) atoms. The first-order chi connectivity index (χ1) is 14.2. The number of H-pyrrole nitrogens is 1. The second-order valence-electron chi connectivity index (χ2n) is 8.89. The van der Waals surface area contributed by atoms with E-state index in [0.29, 0.717) is 11.3 Å². The fraction of sp³-hybridized carbons (Fsp3) is 0.333. The molecular formula is C24H25N5. The molecule has 2 aromatic carbocycles. The van der Waals surface area contributed by atoms with E-state index in [1.54, 1.807) is 0 Å². The largest absolute Gasteiger partial charge is 0.330 e. The molecule has 1 saturated heterocycles. The smallest absolute Gasteiger partial charge is 0.112 e. The minimum Gasteiger partial charge on any atom is -0.330 e. The highest BCUT2D eigenvalue weighted by Crippen LogP contribution is 2.54. The van der Waals surface area contributed by atoms with Gasteiger partial charge in [-0.15, -0.1) is 0 Å². The predicted octanol–water partition coefficient (Wildman–Crippen LogP) is 4.41. The van der Waals surface area contributed by atoms with Gasteiger partial charge < -0.3 is 9.88 Å². The van der Waals surface area contributed by atoms with E-state index in [2.05, 4.69) is 76.5 Å². The van der Waals surface area contributed by atoms with Crippen molar-refractivity contribution in [3.63, 3.8) is 0 Å². The third-order valence-corrected chi connectivity index (χ3v) is 6.97. The van der Waals surface area contributed by atoms with Crippen LogP contribution in [0.2, 0.25) is 0 Å². The Labute approximate surface area is 170 Å². The SMILES string of the molecule is Cc1ccc2[nH]ncc2c1-c1c(-c2ccccc2)nc(C2CC3(CNC3)C2)n1C. The van der Waals surface area contributed by atoms with Crippen LogP contribution in [0.5, 0.6) is 0 Å². The summed E-state index contributed by atoms with van der Waals surface area (Å²) in [5, 5.41) is 12.0. The quantitative estimate of drug-likeness (QED) is 0.551. The molecule has 2 fully saturated rings. The lowest BCUT2D eigenvalue weighted by atomic mass is 9.58. The zero-order chi connectivity index (χ0) is 19.6. The Morgan fingerprint density at radius 2 is 1.86 bits per heavy atom. The van der Waals surface area contributed by atoms with E-state index in [4.69, 9.17) is 4.98 Å². The van der Waals surface area contributed by atoms with Crippen molar-refractivity contribution in [2.24, 2.45) is 12.5 Å². The highest BCUT2D eigenvalue weighted by molar-refractivity contribution is 5.98. The summed E-state index contributed by atoms with van der Waals surface area (Å²) in [5.41, 5.74) is 7.52. The Morgan fingerprint density at radius 3 is 2.59 bits per heavy atom. The summed E-state index contributed by atoms with van der Waals surface area (Å²) in [6, 6.07) is 14.9. The van der Waals surface area contributed by atoms with Gasteiger partial charge in [0, 0.05) is 42.6 Å². The van der Waals surface area contributed by atoms with Gasteiger partial charge >= 0.3 is 0 Å². The summed E-state index contributed by atoms with van der Waals surface area (Å²) >= 11 is 0. The van der Waals surface area contributed by atoms with E-state index in [1.807, 2.05) is 6.20 Å². The van der Waals surface area contributed by atoms with Crippen molar-refractivity contribution in [3.8, 4) is 22.5 Å². The first-order valence-electron chi connectivity index (χ1n) is 10.4. The average Bonchev–Trinajstić information content (AvgIpc) is 3.26. The van der Waals surface area contributed by atoms with Gasteiger partial charge in [-0.1, -0.05) is 36.4 Å². The number of rotatable bonds is 3. The van der Waals surface area contributed by atoms with Crippen molar-refractivity contribution in [1.82, 2.24) is 25.1 Å². The topological polar surface area (TPSA) is 58.5 Å². The normalized spacial score (nSPS) is 18.1. The number of nitrogens with zero attached hydrogens (tertiary/aromatic N) is 3. The number of fused-ring (bicyclic) bond motifs is 1. The molecular weight excluding hydrogens is 358 g/mol. The number of aryl methyl sites for hydroxylation is 1. The maximum Gasteiger partial charge on any atom is 0.112 e. The number of benzene rings is 2. The van der Waals surface area contributed by atoms with Gasteiger partial charge in [0.2, 0.25) is 0 Å². The van der Waals surface area contributed by atoms with Crippen LogP contribution in [0.3, 0.4) is 0 Å². The van der Waals surface area contributed by atoms with Crippen LogP contribution in [0.4, 0.5) is 0 Å². The molecule has 146 valence electrons. The van der Waals surface area contributed by atoms with Crippen LogP contribution < -0.4 is 5.32 Å². The third-order valence-electron chi connectivity index (χ3n) is 6.97. The molecule has 1 spiro atoms. The van der Waals surface area contributed by atoms with Crippen molar-refractivity contribution in [3.05, 3.63) is 60.0 Å². The molecule has 1 aliphatic heterocycles. The Morgan fingerprint density at radius 1 is 1.07 bits per heavy atom. The van der Waals surface area contributed by atoms with Gasteiger partial charge in [-0.3, -0.25) is 5.10 Å². The van der Waals surface area contributed by atoms with Crippen molar-refractivity contribution < 1.29 is 0 Å². The first kappa shape index (κ1) is 17.0. The van der Waals surface area contributed by atoms with E-state index in [1.165, 1.54) is 54.1 Å². The molecule has 0 amide bonds. The predicted molar refractivity (Wildman–Crippen MR) is 116 cm³/mol. The molecule has 1 saturated carbocycles. The maximum absolute atomic E-state index is 5.25. The second-order valence-corrected chi connectivity index (χ2v) is 8.89. The summed E-state index contributed by atoms with van der Waals surface area (Å²) in [6.45, 7) is 4.51. The molecule has 4 aromatic rings. The molecule has 5 heteroatoms. The number of hydrogen-bond acceptors (Lipinski definition) is 3. The fourth-order valence-electron chi connectivity index (χ4n) is 5.34. The number of hydrogen-bond donors (Lipinski definition) is 2. The van der Waals surface area contributed by atoms with E-state index >= 15 is 0 Å². The molecule has 1 aliphatic carbocycles. The summed E-state index contributed by atoms with van der Waals surface area (Å²) < 4.78 is 2.35. The number of aromatic nitrogens is 4. The van der Waals surface area contributed by atoms with Crippen molar-refractivity contribution in [1.29, 1.82) is 0 Å². The van der Waals surface area contributed by atoms with Gasteiger partial charge in [0.05, 0.1) is 23.1 Å². The highest BCUT2D eigenvalue weighted by Gasteiger charge is 2.50. The summed E-state index contributed by atoms with van der Waals surface area (Å²) in [5.74, 6) is 1.76. The lowest BCUT2D eigenvalue weighted by Gasteiger charge is -2.54. The zero-order valence-electron chi connectivity index (χ0n) is 16.9. The minimum atomic E-state index is 0.532. The lowest BCUT2D eigenvalue weighted by Crippen LogP contribution is -2.59. The van der Waals surface area contributed by atoms with Crippen molar-refractivity contribution in [2.75, 3.05) is 13.1 Å². The van der Waals surface area contributed by atoms with Crippen LogP contribution in [-0.2, 0) is 7.05 Å². The van der Waals surface area contributed by atoms with E-state index in [-0.39, 0.29) is 0 Å². The van der Waals surface area contributed by atoms with E-state index in [9.17, 15) is 0 Å². The van der Waals surface area contributed by atoms with Gasteiger partial charge in [0.1, 0.15) is 5.82 Å². The van der Waals surface area contributed by atoms with E-state index in [0.717, 1.165) is 16.6 Å². The van der Waals surface area contributed by atoms with Crippen LogP contribution in [0.15, 0.2) is 48.7 Å². The fourth-order valence-corrected chi connectivity index (χ4v) is 5.34. The Balaban J connectivity index is 1.56. The molecule has 0 atom stereocenters. The summed E-state index contributed by atoms with van der Waals surface area (Å²) in [6.07, 6.45) is 4.43. The molecule has 6 rings (SSSR count). The van der Waals surface area contributed by atoms with Gasteiger partial charge in [-0.2, -0.15) is 5.10 Å². The van der Waals surface area contributed by atoms with Crippen LogP contribution >= 0.6 is 0 Å². The standard InChI is InChI=1S/C24H25N5/c1-15-8-9-19-18(12-26-28-19)20(15)22-21(16-6-4-3-5-7-16)27-23(29(22)2)17-10-24(11-17)13-25-14-24/h3-9,12,17,25H,10-11,13-14H2,1-2H3,(H,26,28). The molecule has 3 heterocycles. The van der Waals surface area contributed by atoms with Gasteiger partial charge in [0.25, 0.3) is 0 Å². The molecule has 2 aliphatic rings. The first-order valence-corrected chi connectivity index (χ1v) is 10.4. The monoisotopic (exact) mass is 383 g/mol. The summed E-state index contributed by atoms with van der Waals surface area (Å²) in [4.78, 5) is 5.25. The van der Waals surface area contributed by atoms with Crippen molar-refractivity contribution in [2.45, 2.75) is 25.7 Å². The van der Waals surface area contributed by atoms with E-state index < -0.39 is 0 Å². The zero-order valence-corrected chi connectivity index (χ0v) is 16.9. The molecule has 2 aromatic heterocycles. The average molecular weight is 383 g/mol. The molecule has 5 nitrogen and oxygen atoms in total. The Kier molecular flexibility index (Phi) is 3.54. The maximum atomic E-state index is 5.25. The van der Waals surface area contributed by atoms with Crippen LogP contribution in [0.1, 0.15) is 30.1 Å². The number of imidazole rings is 1. The van der Waals surface area contributed by atoms with Crippen LogP contribution in [0, 0.1) is 12.3 Å². The summed E-state index contributed by atoms with van der Waals surface area (Å²) in [7, 11) is 2.19. The van der Waals surface area contributed by atoms with Crippen molar-refractivity contribution >= 4 is 10.9 Å². The molecule has 0 bridgehead atoms. The number of nitrogens with one attached hydrogen (secondary N) is 2. The van der Waals surface area contributed by atoms with Crippen LogP contribution in [0.25, 0.3) is 33.4 Å². The third kappa shape index (κ3) is 2.43. The highest BCUT2D eigenvalue weighted by atomic mass is 15.1. The molecule has 2 N–H and O–H groups in total.